The largest absolute Gasteiger partial charge is 0.506 e. The highest BCUT2D eigenvalue weighted by Crippen LogP contribution is 2.31. The molecule has 1 aromatic rings. The molecule has 1 amide bonds. The number of aromatic hydroxyl groups is 1. The van der Waals surface area contributed by atoms with Gasteiger partial charge in [-0.3, -0.25) is 4.79 Å². The van der Waals surface area contributed by atoms with Gasteiger partial charge in [0.15, 0.2) is 0 Å². The molecule has 4 nitrogen and oxygen atoms in total. The average molecular weight is 337 g/mol. The quantitative estimate of drug-likeness (QED) is 0.774. The summed E-state index contributed by atoms with van der Waals surface area (Å²) in [5, 5.41) is 21.6. The lowest BCUT2D eigenvalue weighted by Crippen LogP contribution is -2.28. The summed E-state index contributed by atoms with van der Waals surface area (Å²) in [6, 6.07) is 2.93. The van der Waals surface area contributed by atoms with Crippen LogP contribution in [0.4, 0.5) is 0 Å². The van der Waals surface area contributed by atoms with Gasteiger partial charge in [0.05, 0.1) is 10.0 Å². The number of halogens is 2. The molecule has 0 saturated heterocycles. The van der Waals surface area contributed by atoms with E-state index in [0.29, 0.717) is 22.5 Å². The Morgan fingerprint density at radius 3 is 2.83 bits per heavy atom. The van der Waals surface area contributed by atoms with Crippen LogP contribution in [0, 0.1) is 5.92 Å². The number of phenolic OH excluding ortho intramolecular Hbond substituents is 1. The van der Waals surface area contributed by atoms with Crippen LogP contribution in [0.1, 0.15) is 23.7 Å². The minimum absolute atomic E-state index is 0.0883. The molecular formula is C12H15BrClNO3. The Morgan fingerprint density at radius 1 is 1.56 bits per heavy atom. The summed E-state index contributed by atoms with van der Waals surface area (Å²) >= 11 is 8.95. The van der Waals surface area contributed by atoms with E-state index in [0.717, 1.165) is 0 Å². The van der Waals surface area contributed by atoms with E-state index < -0.39 is 0 Å². The molecule has 0 aliphatic carbocycles. The van der Waals surface area contributed by atoms with Crippen molar-refractivity contribution in [3.63, 3.8) is 0 Å². The van der Waals surface area contributed by atoms with E-state index in [4.69, 9.17) is 16.7 Å². The SMILES string of the molecule is CC(CCO)CNC(=O)c1cc(Cl)cc(Br)c1O. The van der Waals surface area contributed by atoms with Crippen molar-refractivity contribution in [3.8, 4) is 5.75 Å². The van der Waals surface area contributed by atoms with E-state index in [-0.39, 0.29) is 29.7 Å². The highest BCUT2D eigenvalue weighted by atomic mass is 79.9. The molecule has 0 radical (unpaired) electrons. The van der Waals surface area contributed by atoms with Crippen LogP contribution in [-0.4, -0.2) is 29.3 Å². The van der Waals surface area contributed by atoms with Gasteiger partial charge in [-0.1, -0.05) is 18.5 Å². The van der Waals surface area contributed by atoms with Crippen molar-refractivity contribution < 1.29 is 15.0 Å². The first kappa shape index (κ1) is 15.3. The zero-order valence-corrected chi connectivity index (χ0v) is 12.3. The predicted octanol–water partition coefficient (Wildman–Crippen LogP) is 2.56. The van der Waals surface area contributed by atoms with Crippen molar-refractivity contribution in [2.24, 2.45) is 5.92 Å². The smallest absolute Gasteiger partial charge is 0.255 e. The van der Waals surface area contributed by atoms with Crippen LogP contribution in [0.25, 0.3) is 0 Å². The monoisotopic (exact) mass is 335 g/mol. The molecule has 0 saturated carbocycles. The van der Waals surface area contributed by atoms with E-state index in [9.17, 15) is 9.90 Å². The van der Waals surface area contributed by atoms with E-state index in [1.165, 1.54) is 12.1 Å². The Balaban J connectivity index is 2.73. The summed E-state index contributed by atoms with van der Waals surface area (Å²) in [7, 11) is 0. The van der Waals surface area contributed by atoms with Crippen LogP contribution in [0.5, 0.6) is 5.75 Å². The molecule has 0 aliphatic rings. The summed E-state index contributed by atoms with van der Waals surface area (Å²) < 4.78 is 0.378. The second kappa shape index (κ2) is 6.97. The van der Waals surface area contributed by atoms with Gasteiger partial charge in [0.1, 0.15) is 5.75 Å². The topological polar surface area (TPSA) is 69.6 Å². The van der Waals surface area contributed by atoms with E-state index >= 15 is 0 Å². The summed E-state index contributed by atoms with van der Waals surface area (Å²) in [6.07, 6.45) is 0.617. The fourth-order valence-electron chi connectivity index (χ4n) is 1.42. The number of hydrogen-bond acceptors (Lipinski definition) is 3. The number of aliphatic hydroxyl groups is 1. The van der Waals surface area contributed by atoms with Gasteiger partial charge < -0.3 is 15.5 Å². The van der Waals surface area contributed by atoms with Gasteiger partial charge in [-0.15, -0.1) is 0 Å². The third-order valence-electron chi connectivity index (χ3n) is 2.51. The van der Waals surface area contributed by atoms with Gasteiger partial charge in [-0.25, -0.2) is 0 Å². The van der Waals surface area contributed by atoms with Gasteiger partial charge in [-0.05, 0) is 40.4 Å². The second-order valence-electron chi connectivity index (χ2n) is 4.11. The molecule has 0 heterocycles. The zero-order chi connectivity index (χ0) is 13.7. The van der Waals surface area contributed by atoms with Crippen LogP contribution in [0.3, 0.4) is 0 Å². The lowest BCUT2D eigenvalue weighted by molar-refractivity contribution is 0.0942. The fraction of sp³-hybridized carbons (Fsp3) is 0.417. The van der Waals surface area contributed by atoms with Crippen LogP contribution in [0.15, 0.2) is 16.6 Å². The minimum atomic E-state index is -0.388. The van der Waals surface area contributed by atoms with Gasteiger partial charge in [0.2, 0.25) is 0 Å². The maximum absolute atomic E-state index is 11.9. The lowest BCUT2D eigenvalue weighted by Gasteiger charge is -2.12. The molecule has 100 valence electrons. The Bertz CT molecular complexity index is 440. The van der Waals surface area contributed by atoms with Crippen LogP contribution < -0.4 is 5.32 Å². The molecule has 1 atom stereocenters. The lowest BCUT2D eigenvalue weighted by atomic mass is 10.1. The molecule has 18 heavy (non-hydrogen) atoms. The molecule has 0 aromatic heterocycles. The van der Waals surface area contributed by atoms with Crippen LogP contribution in [-0.2, 0) is 0 Å². The number of phenols is 1. The zero-order valence-electron chi connectivity index (χ0n) is 9.91. The Morgan fingerprint density at radius 2 is 2.22 bits per heavy atom. The number of aliphatic hydroxyl groups excluding tert-OH is 1. The maximum Gasteiger partial charge on any atom is 0.255 e. The molecule has 0 spiro atoms. The van der Waals surface area contributed by atoms with Gasteiger partial charge in [0.25, 0.3) is 5.91 Å². The fourth-order valence-corrected chi connectivity index (χ4v) is 2.23. The van der Waals surface area contributed by atoms with Crippen molar-refractivity contribution >= 4 is 33.4 Å². The Labute approximate surface area is 119 Å². The van der Waals surface area contributed by atoms with Gasteiger partial charge >= 0.3 is 0 Å². The summed E-state index contributed by atoms with van der Waals surface area (Å²) in [4.78, 5) is 11.9. The molecule has 1 unspecified atom stereocenters. The summed E-state index contributed by atoms with van der Waals surface area (Å²) in [5.41, 5.74) is 0.130. The molecule has 1 rings (SSSR count). The Hall–Kier alpha value is -0.780. The van der Waals surface area contributed by atoms with E-state index in [1.54, 1.807) is 0 Å². The van der Waals surface area contributed by atoms with Crippen LogP contribution >= 0.6 is 27.5 Å². The first-order chi connectivity index (χ1) is 8.45. The van der Waals surface area contributed by atoms with Gasteiger partial charge in [0, 0.05) is 18.2 Å². The maximum atomic E-state index is 11.9. The number of benzene rings is 1. The first-order valence-corrected chi connectivity index (χ1v) is 6.69. The van der Waals surface area contributed by atoms with E-state index in [2.05, 4.69) is 21.2 Å². The highest BCUT2D eigenvalue weighted by molar-refractivity contribution is 9.10. The number of carbonyl (C=O) groups is 1. The first-order valence-electron chi connectivity index (χ1n) is 5.52. The molecule has 0 fully saturated rings. The number of amides is 1. The molecule has 3 N–H and O–H groups in total. The van der Waals surface area contributed by atoms with E-state index in [1.807, 2.05) is 6.92 Å². The molecular weight excluding hydrogens is 321 g/mol. The predicted molar refractivity (Wildman–Crippen MR) is 74.0 cm³/mol. The van der Waals surface area contributed by atoms with Crippen molar-refractivity contribution in [2.75, 3.05) is 13.2 Å². The summed E-state index contributed by atoms with van der Waals surface area (Å²) in [5.74, 6) is -0.351. The molecule has 0 aliphatic heterocycles. The standard InChI is InChI=1S/C12H15BrClNO3/c1-7(2-3-16)6-15-12(18)9-4-8(14)5-10(13)11(9)17/h4-5,7,16-17H,2-3,6H2,1H3,(H,15,18). The van der Waals surface area contributed by atoms with Crippen molar-refractivity contribution in [3.05, 3.63) is 27.2 Å². The molecule has 6 heteroatoms. The van der Waals surface area contributed by atoms with Crippen molar-refractivity contribution in [1.82, 2.24) is 5.32 Å². The van der Waals surface area contributed by atoms with Gasteiger partial charge in [-0.2, -0.15) is 0 Å². The number of rotatable bonds is 5. The minimum Gasteiger partial charge on any atom is -0.506 e. The third kappa shape index (κ3) is 4.15. The highest BCUT2D eigenvalue weighted by Gasteiger charge is 2.15. The number of carbonyl (C=O) groups excluding carboxylic acids is 1. The molecule has 1 aromatic carbocycles. The van der Waals surface area contributed by atoms with Crippen molar-refractivity contribution in [1.29, 1.82) is 0 Å². The average Bonchev–Trinajstić information content (AvgIpc) is 2.31. The second-order valence-corrected chi connectivity index (χ2v) is 5.40. The number of hydrogen-bond donors (Lipinski definition) is 3. The van der Waals surface area contributed by atoms with Crippen molar-refractivity contribution in [2.45, 2.75) is 13.3 Å². The Kier molecular flexibility index (Phi) is 5.91. The third-order valence-corrected chi connectivity index (χ3v) is 3.33. The summed E-state index contributed by atoms with van der Waals surface area (Å²) in [6.45, 7) is 2.44. The number of nitrogens with one attached hydrogen (secondary N) is 1. The molecule has 0 bridgehead atoms. The van der Waals surface area contributed by atoms with Crippen LogP contribution in [0.2, 0.25) is 5.02 Å². The normalized spacial score (nSPS) is 12.2.